The molecule has 2 rings (SSSR count). The lowest BCUT2D eigenvalue weighted by atomic mass is 10.3. The molecule has 2 N–H and O–H groups in total. The molecule has 1 heterocycles. The van der Waals surface area contributed by atoms with Crippen LogP contribution in [0.25, 0.3) is 11.0 Å². The van der Waals surface area contributed by atoms with E-state index in [1.165, 1.54) is 0 Å². The number of imidazole rings is 1. The van der Waals surface area contributed by atoms with E-state index in [2.05, 4.69) is 15.3 Å². The van der Waals surface area contributed by atoms with Crippen molar-refractivity contribution in [2.45, 2.75) is 0 Å². The van der Waals surface area contributed by atoms with Crippen LogP contribution in [0.15, 0.2) is 18.2 Å². The van der Waals surface area contributed by atoms with Crippen LogP contribution in [0.4, 0.5) is 0 Å². The first-order valence-corrected chi connectivity index (χ1v) is 4.51. The number of hydrogen-bond acceptors (Lipinski definition) is 3. The average Bonchev–Trinajstić information content (AvgIpc) is 2.71. The van der Waals surface area contributed by atoms with Gasteiger partial charge in [-0.25, -0.2) is 4.98 Å². The van der Waals surface area contributed by atoms with Gasteiger partial charge in [0.05, 0.1) is 12.6 Å². The van der Waals surface area contributed by atoms with Crippen LogP contribution in [0, 0.1) is 0 Å². The molecular weight excluding hydrogens is 194 g/mol. The lowest BCUT2D eigenvalue weighted by molar-refractivity contribution is 0.0954. The summed E-state index contributed by atoms with van der Waals surface area (Å²) in [5.74, 6) is 0.698. The molecule has 15 heavy (non-hydrogen) atoms. The molecule has 5 nitrogen and oxygen atoms in total. The number of carbonyl (C=O) groups is 1. The van der Waals surface area contributed by atoms with Crippen LogP contribution in [0.3, 0.4) is 0 Å². The van der Waals surface area contributed by atoms with Crippen LogP contribution in [0.1, 0.15) is 10.6 Å². The number of carbonyl (C=O) groups excluding carboxylic acids is 1. The summed E-state index contributed by atoms with van der Waals surface area (Å²) < 4.78 is 5.14. The van der Waals surface area contributed by atoms with E-state index < -0.39 is 0 Å². The summed E-state index contributed by atoms with van der Waals surface area (Å²) in [6.45, 7) is 0. The summed E-state index contributed by atoms with van der Waals surface area (Å²) in [5.41, 5.74) is 1.45. The number of nitrogens with zero attached hydrogens (tertiary/aromatic N) is 1. The van der Waals surface area contributed by atoms with Gasteiger partial charge in [-0.2, -0.15) is 0 Å². The molecule has 1 aromatic heterocycles. The van der Waals surface area contributed by atoms with Crippen LogP contribution >= 0.6 is 0 Å². The largest absolute Gasteiger partial charge is 0.494 e. The highest BCUT2D eigenvalue weighted by Gasteiger charge is 2.11. The van der Waals surface area contributed by atoms with Gasteiger partial charge in [-0.15, -0.1) is 0 Å². The minimum absolute atomic E-state index is 0.242. The summed E-state index contributed by atoms with van der Waals surface area (Å²) in [7, 11) is 3.13. The number of fused-ring (bicyclic) bond motifs is 1. The molecule has 78 valence electrons. The molecule has 0 fully saturated rings. The van der Waals surface area contributed by atoms with Crippen molar-refractivity contribution in [2.75, 3.05) is 14.2 Å². The van der Waals surface area contributed by atoms with Crippen molar-refractivity contribution < 1.29 is 9.53 Å². The van der Waals surface area contributed by atoms with Gasteiger partial charge in [-0.3, -0.25) is 4.79 Å². The number of aromatic amines is 1. The lowest BCUT2D eigenvalue weighted by Gasteiger charge is -1.97. The highest BCUT2D eigenvalue weighted by molar-refractivity contribution is 5.95. The Morgan fingerprint density at radius 1 is 1.53 bits per heavy atom. The molecule has 0 aliphatic rings. The lowest BCUT2D eigenvalue weighted by Crippen LogP contribution is -2.19. The predicted octanol–water partition coefficient (Wildman–Crippen LogP) is 0.931. The zero-order valence-electron chi connectivity index (χ0n) is 8.50. The van der Waals surface area contributed by atoms with Crippen LogP contribution in [-0.4, -0.2) is 30.0 Å². The zero-order valence-corrected chi connectivity index (χ0v) is 8.50. The second-order valence-electron chi connectivity index (χ2n) is 3.02. The van der Waals surface area contributed by atoms with Crippen LogP contribution in [-0.2, 0) is 0 Å². The van der Waals surface area contributed by atoms with Gasteiger partial charge >= 0.3 is 0 Å². The number of amides is 1. The Morgan fingerprint density at radius 2 is 2.33 bits per heavy atom. The van der Waals surface area contributed by atoms with Crippen molar-refractivity contribution in [1.29, 1.82) is 0 Å². The molecule has 0 saturated carbocycles. The van der Waals surface area contributed by atoms with E-state index in [1.54, 1.807) is 20.2 Å². The Kier molecular flexibility index (Phi) is 2.29. The van der Waals surface area contributed by atoms with Crippen molar-refractivity contribution in [3.63, 3.8) is 0 Å². The Labute approximate surface area is 86.5 Å². The van der Waals surface area contributed by atoms with E-state index in [-0.39, 0.29) is 11.7 Å². The molecule has 0 saturated heterocycles. The molecular formula is C10H11N3O2. The number of para-hydroxylation sites is 1. The minimum atomic E-state index is -0.242. The van der Waals surface area contributed by atoms with Crippen LogP contribution in [0.2, 0.25) is 0 Å². The third kappa shape index (κ3) is 1.52. The fourth-order valence-corrected chi connectivity index (χ4v) is 1.40. The SMILES string of the molecule is CNC(=O)c1nc2c(OC)cccc2[nH]1. The third-order valence-corrected chi connectivity index (χ3v) is 2.14. The average molecular weight is 205 g/mol. The molecule has 2 aromatic rings. The van der Waals surface area contributed by atoms with Gasteiger partial charge in [0.15, 0.2) is 5.82 Å². The molecule has 0 atom stereocenters. The summed E-state index contributed by atoms with van der Waals surface area (Å²) in [4.78, 5) is 18.4. The van der Waals surface area contributed by atoms with Gasteiger partial charge in [0, 0.05) is 7.05 Å². The first-order chi connectivity index (χ1) is 7.26. The summed E-state index contributed by atoms with van der Waals surface area (Å²) in [6.07, 6.45) is 0. The molecule has 5 heteroatoms. The van der Waals surface area contributed by atoms with Crippen LogP contribution in [0.5, 0.6) is 5.75 Å². The van der Waals surface area contributed by atoms with Gasteiger partial charge < -0.3 is 15.0 Å². The fraction of sp³-hybridized carbons (Fsp3) is 0.200. The van der Waals surface area contributed by atoms with Crippen molar-refractivity contribution >= 4 is 16.9 Å². The van der Waals surface area contributed by atoms with E-state index in [0.717, 1.165) is 5.52 Å². The van der Waals surface area contributed by atoms with Crippen molar-refractivity contribution in [3.05, 3.63) is 24.0 Å². The smallest absolute Gasteiger partial charge is 0.286 e. The Balaban J connectivity index is 2.60. The number of benzene rings is 1. The number of aromatic nitrogens is 2. The standard InChI is InChI=1S/C10H11N3O2/c1-11-10(14)9-12-6-4-3-5-7(15-2)8(6)13-9/h3-5H,1-2H3,(H,11,14)(H,12,13). The fourth-order valence-electron chi connectivity index (χ4n) is 1.40. The maximum atomic E-state index is 11.3. The van der Waals surface area contributed by atoms with Gasteiger partial charge in [0.25, 0.3) is 5.91 Å². The van der Waals surface area contributed by atoms with Gasteiger partial charge in [-0.05, 0) is 12.1 Å². The van der Waals surface area contributed by atoms with E-state index in [0.29, 0.717) is 11.3 Å². The number of H-pyrrole nitrogens is 1. The van der Waals surface area contributed by atoms with E-state index in [9.17, 15) is 4.79 Å². The van der Waals surface area contributed by atoms with Crippen molar-refractivity contribution in [3.8, 4) is 5.75 Å². The molecule has 1 aromatic carbocycles. The molecule has 0 aliphatic heterocycles. The highest BCUT2D eigenvalue weighted by atomic mass is 16.5. The van der Waals surface area contributed by atoms with Gasteiger partial charge in [0.2, 0.25) is 0 Å². The van der Waals surface area contributed by atoms with Gasteiger partial charge in [0.1, 0.15) is 11.3 Å². The van der Waals surface area contributed by atoms with E-state index in [1.807, 2.05) is 12.1 Å². The van der Waals surface area contributed by atoms with E-state index >= 15 is 0 Å². The number of hydrogen-bond donors (Lipinski definition) is 2. The monoisotopic (exact) mass is 205 g/mol. The molecule has 0 spiro atoms. The van der Waals surface area contributed by atoms with E-state index in [4.69, 9.17) is 4.74 Å². The topological polar surface area (TPSA) is 67.0 Å². The van der Waals surface area contributed by atoms with Crippen LogP contribution < -0.4 is 10.1 Å². The second kappa shape index (κ2) is 3.61. The van der Waals surface area contributed by atoms with Crippen molar-refractivity contribution in [2.24, 2.45) is 0 Å². The number of rotatable bonds is 2. The summed E-state index contributed by atoms with van der Waals surface area (Å²) in [5, 5.41) is 2.51. The maximum absolute atomic E-state index is 11.3. The summed E-state index contributed by atoms with van der Waals surface area (Å²) >= 11 is 0. The first-order valence-electron chi connectivity index (χ1n) is 4.51. The predicted molar refractivity (Wildman–Crippen MR) is 56.0 cm³/mol. The quantitative estimate of drug-likeness (QED) is 0.766. The van der Waals surface area contributed by atoms with Crippen molar-refractivity contribution in [1.82, 2.24) is 15.3 Å². The number of ether oxygens (including phenoxy) is 1. The molecule has 0 bridgehead atoms. The second-order valence-corrected chi connectivity index (χ2v) is 3.02. The molecule has 0 unspecified atom stereocenters. The third-order valence-electron chi connectivity index (χ3n) is 2.14. The molecule has 0 aliphatic carbocycles. The molecule has 0 radical (unpaired) electrons. The number of methoxy groups -OCH3 is 1. The normalized spacial score (nSPS) is 10.3. The number of nitrogens with one attached hydrogen (secondary N) is 2. The first kappa shape index (κ1) is 9.51. The highest BCUT2D eigenvalue weighted by Crippen LogP contribution is 2.22. The summed E-state index contributed by atoms with van der Waals surface area (Å²) in [6, 6.07) is 5.49. The minimum Gasteiger partial charge on any atom is -0.494 e. The Bertz CT molecular complexity index is 504. The molecule has 1 amide bonds. The van der Waals surface area contributed by atoms with Gasteiger partial charge in [-0.1, -0.05) is 6.07 Å². The zero-order chi connectivity index (χ0) is 10.8. The Hall–Kier alpha value is -2.04. The Morgan fingerprint density at radius 3 is 3.00 bits per heavy atom. The maximum Gasteiger partial charge on any atom is 0.286 e.